The van der Waals surface area contributed by atoms with Crippen molar-refractivity contribution in [3.05, 3.63) is 23.3 Å². The molecule has 7 nitrogen and oxygen atoms in total. The normalized spacial score (nSPS) is 9.60. The highest BCUT2D eigenvalue weighted by Gasteiger charge is 2.21. The maximum absolute atomic E-state index is 11.7. The summed E-state index contributed by atoms with van der Waals surface area (Å²) in [7, 11) is 3.76. The van der Waals surface area contributed by atoms with Crippen molar-refractivity contribution in [1.82, 2.24) is 0 Å². The number of hydrogen-bond acceptors (Lipinski definition) is 6. The topological polar surface area (TPSA) is 90.9 Å². The van der Waals surface area contributed by atoms with Crippen molar-refractivity contribution in [2.75, 3.05) is 26.6 Å². The molecular formula is C13H15NO6. The number of nitrogens with one attached hydrogen (secondary N) is 1. The van der Waals surface area contributed by atoms with E-state index in [2.05, 4.69) is 14.8 Å². The Hall–Kier alpha value is -2.57. The minimum atomic E-state index is -0.693. The fourth-order valence-electron chi connectivity index (χ4n) is 1.59. The molecule has 0 saturated carbocycles. The quantitative estimate of drug-likeness (QED) is 0.835. The highest BCUT2D eigenvalue weighted by molar-refractivity contribution is 6.04. The van der Waals surface area contributed by atoms with Crippen molar-refractivity contribution in [2.24, 2.45) is 0 Å². The summed E-state index contributed by atoms with van der Waals surface area (Å²) in [5.41, 5.74) is 0.280. The van der Waals surface area contributed by atoms with E-state index in [-0.39, 0.29) is 28.5 Å². The Morgan fingerprint density at radius 3 is 1.95 bits per heavy atom. The third-order valence-corrected chi connectivity index (χ3v) is 2.46. The van der Waals surface area contributed by atoms with Crippen LogP contribution in [-0.2, 0) is 14.3 Å². The van der Waals surface area contributed by atoms with Gasteiger partial charge in [-0.25, -0.2) is 9.59 Å². The molecule has 7 heteroatoms. The Bertz CT molecular complexity index is 552. The zero-order valence-electron chi connectivity index (χ0n) is 11.6. The van der Waals surface area contributed by atoms with Gasteiger partial charge in [0.1, 0.15) is 11.3 Å². The lowest BCUT2D eigenvalue weighted by molar-refractivity contribution is -0.114. The number of amides is 1. The van der Waals surface area contributed by atoms with Crippen LogP contribution >= 0.6 is 0 Å². The first-order valence-corrected chi connectivity index (χ1v) is 5.60. The molecule has 0 unspecified atom stereocenters. The van der Waals surface area contributed by atoms with Crippen molar-refractivity contribution in [1.29, 1.82) is 0 Å². The van der Waals surface area contributed by atoms with E-state index < -0.39 is 11.9 Å². The molecule has 0 spiro atoms. The maximum atomic E-state index is 11.7. The van der Waals surface area contributed by atoms with E-state index >= 15 is 0 Å². The maximum Gasteiger partial charge on any atom is 0.341 e. The zero-order chi connectivity index (χ0) is 15.3. The first-order valence-electron chi connectivity index (χ1n) is 5.60. The molecule has 0 radical (unpaired) electrons. The molecule has 0 aliphatic carbocycles. The van der Waals surface area contributed by atoms with E-state index in [9.17, 15) is 14.4 Å². The van der Waals surface area contributed by atoms with Gasteiger partial charge in [0.15, 0.2) is 0 Å². The molecule has 108 valence electrons. The van der Waals surface area contributed by atoms with E-state index in [0.29, 0.717) is 0 Å². The summed E-state index contributed by atoms with van der Waals surface area (Å²) in [4.78, 5) is 34.5. The van der Waals surface area contributed by atoms with Crippen LogP contribution in [0.15, 0.2) is 12.1 Å². The summed E-state index contributed by atoms with van der Waals surface area (Å²) in [5, 5.41) is 2.48. The molecule has 1 aromatic rings. The largest absolute Gasteiger partial charge is 0.496 e. The molecule has 0 aromatic heterocycles. The van der Waals surface area contributed by atoms with Crippen LogP contribution in [0.4, 0.5) is 5.69 Å². The number of anilines is 1. The molecule has 0 aliphatic rings. The van der Waals surface area contributed by atoms with Crippen LogP contribution in [0.1, 0.15) is 27.6 Å². The Kier molecular flexibility index (Phi) is 5.08. The van der Waals surface area contributed by atoms with E-state index in [1.165, 1.54) is 40.4 Å². The average Bonchev–Trinajstić information content (AvgIpc) is 2.44. The molecule has 1 amide bonds. The fourth-order valence-corrected chi connectivity index (χ4v) is 1.59. The Morgan fingerprint density at radius 2 is 1.50 bits per heavy atom. The molecule has 1 rings (SSSR count). The van der Waals surface area contributed by atoms with Gasteiger partial charge >= 0.3 is 11.9 Å². The van der Waals surface area contributed by atoms with Crippen LogP contribution < -0.4 is 10.1 Å². The summed E-state index contributed by atoms with van der Waals surface area (Å²) in [6.07, 6.45) is 0. The number of hydrogen-bond donors (Lipinski definition) is 1. The highest BCUT2D eigenvalue weighted by Crippen LogP contribution is 2.28. The number of carbonyl (C=O) groups is 3. The lowest BCUT2D eigenvalue weighted by atomic mass is 10.1. The Balaban J connectivity index is 3.47. The lowest BCUT2D eigenvalue weighted by Gasteiger charge is -2.13. The van der Waals surface area contributed by atoms with Crippen molar-refractivity contribution < 1.29 is 28.6 Å². The standard InChI is InChI=1S/C13H15NO6/c1-7(15)14-10-6-11(18-2)9(13(17)20-4)5-8(10)12(16)19-3/h5-6H,1-4H3,(H,14,15). The van der Waals surface area contributed by atoms with Crippen LogP contribution in [0.3, 0.4) is 0 Å². The molecule has 0 saturated heterocycles. The Labute approximate surface area is 115 Å². The first-order chi connectivity index (χ1) is 9.44. The smallest absolute Gasteiger partial charge is 0.341 e. The first kappa shape index (κ1) is 15.5. The fraction of sp³-hybridized carbons (Fsp3) is 0.308. The van der Waals surface area contributed by atoms with Gasteiger partial charge in [-0.3, -0.25) is 4.79 Å². The second-order valence-corrected chi connectivity index (χ2v) is 3.76. The molecular weight excluding hydrogens is 266 g/mol. The molecule has 1 aromatic carbocycles. The average molecular weight is 281 g/mol. The number of methoxy groups -OCH3 is 3. The summed E-state index contributed by atoms with van der Waals surface area (Å²) in [6, 6.07) is 2.61. The molecule has 0 atom stereocenters. The molecule has 20 heavy (non-hydrogen) atoms. The molecule has 0 fully saturated rings. The van der Waals surface area contributed by atoms with Gasteiger partial charge in [0.2, 0.25) is 5.91 Å². The van der Waals surface area contributed by atoms with E-state index in [4.69, 9.17) is 4.74 Å². The number of rotatable bonds is 4. The summed E-state index contributed by atoms with van der Waals surface area (Å²) >= 11 is 0. The van der Waals surface area contributed by atoms with Crippen molar-refractivity contribution in [2.45, 2.75) is 6.92 Å². The second kappa shape index (κ2) is 6.55. The van der Waals surface area contributed by atoms with Gasteiger partial charge in [-0.05, 0) is 6.07 Å². The summed E-state index contributed by atoms with van der Waals surface area (Å²) in [5.74, 6) is -1.56. The predicted molar refractivity (Wildman–Crippen MR) is 70.0 cm³/mol. The van der Waals surface area contributed by atoms with E-state index in [0.717, 1.165) is 0 Å². The number of benzene rings is 1. The summed E-state index contributed by atoms with van der Waals surface area (Å²) in [6.45, 7) is 1.29. The van der Waals surface area contributed by atoms with Crippen molar-refractivity contribution in [3.63, 3.8) is 0 Å². The molecule has 1 N–H and O–H groups in total. The highest BCUT2D eigenvalue weighted by atomic mass is 16.5. The third-order valence-electron chi connectivity index (χ3n) is 2.46. The van der Waals surface area contributed by atoms with Crippen molar-refractivity contribution >= 4 is 23.5 Å². The summed E-state index contributed by atoms with van der Waals surface area (Å²) < 4.78 is 14.3. The van der Waals surface area contributed by atoms with Crippen LogP contribution in [-0.4, -0.2) is 39.2 Å². The SMILES string of the molecule is COC(=O)c1cc(C(=O)OC)c(OC)cc1NC(C)=O. The number of ether oxygens (including phenoxy) is 3. The zero-order valence-corrected chi connectivity index (χ0v) is 11.6. The van der Waals surface area contributed by atoms with Gasteiger partial charge in [0.25, 0.3) is 0 Å². The van der Waals surface area contributed by atoms with E-state index in [1.807, 2.05) is 0 Å². The number of carbonyl (C=O) groups excluding carboxylic acids is 3. The second-order valence-electron chi connectivity index (χ2n) is 3.76. The lowest BCUT2D eigenvalue weighted by Crippen LogP contribution is -2.14. The van der Waals surface area contributed by atoms with Crippen molar-refractivity contribution in [3.8, 4) is 5.75 Å². The predicted octanol–water partition coefficient (Wildman–Crippen LogP) is 1.23. The minimum absolute atomic E-state index is 0.0314. The monoisotopic (exact) mass is 281 g/mol. The minimum Gasteiger partial charge on any atom is -0.496 e. The Morgan fingerprint density at radius 1 is 0.950 bits per heavy atom. The molecule has 0 bridgehead atoms. The van der Waals surface area contributed by atoms with Gasteiger partial charge < -0.3 is 19.5 Å². The van der Waals surface area contributed by atoms with Gasteiger partial charge in [-0.15, -0.1) is 0 Å². The van der Waals surface area contributed by atoms with E-state index in [1.54, 1.807) is 0 Å². The van der Waals surface area contributed by atoms with Gasteiger partial charge in [-0.2, -0.15) is 0 Å². The van der Waals surface area contributed by atoms with Crippen LogP contribution in [0.25, 0.3) is 0 Å². The van der Waals surface area contributed by atoms with Gasteiger partial charge in [0, 0.05) is 13.0 Å². The van der Waals surface area contributed by atoms with Gasteiger partial charge in [0.05, 0.1) is 32.6 Å². The molecule has 0 heterocycles. The van der Waals surface area contributed by atoms with Crippen LogP contribution in [0, 0.1) is 0 Å². The molecule has 0 aliphatic heterocycles. The third kappa shape index (κ3) is 3.25. The van der Waals surface area contributed by atoms with Gasteiger partial charge in [-0.1, -0.05) is 0 Å². The number of esters is 2. The van der Waals surface area contributed by atoms with Crippen LogP contribution in [0.2, 0.25) is 0 Å². The van der Waals surface area contributed by atoms with Crippen LogP contribution in [0.5, 0.6) is 5.75 Å².